The second-order valence-electron chi connectivity index (χ2n) is 7.57. The number of amides is 1. The van der Waals surface area contributed by atoms with Gasteiger partial charge in [-0.3, -0.25) is 4.79 Å². The molecule has 0 saturated heterocycles. The maximum absolute atomic E-state index is 12.5. The molecule has 144 valence electrons. The molecular formula is C23H24N2O3. The lowest BCUT2D eigenvalue weighted by Crippen LogP contribution is -2.43. The smallest absolute Gasteiger partial charge is 0.251 e. The normalized spacial score (nSPS) is 14.8. The first kappa shape index (κ1) is 18.4. The minimum absolute atomic E-state index is 0.110. The van der Waals surface area contributed by atoms with Crippen molar-refractivity contribution in [3.63, 3.8) is 0 Å². The van der Waals surface area contributed by atoms with Crippen LogP contribution in [0.1, 0.15) is 25.2 Å². The second-order valence-corrected chi connectivity index (χ2v) is 7.57. The highest BCUT2D eigenvalue weighted by atomic mass is 16.5. The Bertz CT molecular complexity index is 961. The third kappa shape index (κ3) is 3.45. The lowest BCUT2D eigenvalue weighted by Gasteiger charge is -2.29. The molecule has 1 aliphatic rings. The van der Waals surface area contributed by atoms with Crippen LogP contribution in [-0.4, -0.2) is 33.7 Å². The molecule has 28 heavy (non-hydrogen) atoms. The SMILES string of the molecule is CC(C)[C@@H](O)C(=O)N1CCc2onc(-c3ccc(-c4ccccc4)cc3)c2C1. The fourth-order valence-corrected chi connectivity index (χ4v) is 3.55. The van der Waals surface area contributed by atoms with Crippen LogP contribution >= 0.6 is 0 Å². The molecule has 1 atom stereocenters. The Morgan fingerprint density at radius 3 is 2.36 bits per heavy atom. The van der Waals surface area contributed by atoms with Gasteiger partial charge in [0.25, 0.3) is 5.91 Å². The average Bonchev–Trinajstić information content (AvgIpc) is 3.16. The Morgan fingerprint density at radius 1 is 1.04 bits per heavy atom. The lowest BCUT2D eigenvalue weighted by atomic mass is 9.98. The first-order chi connectivity index (χ1) is 13.5. The van der Waals surface area contributed by atoms with E-state index in [-0.39, 0.29) is 11.8 Å². The van der Waals surface area contributed by atoms with E-state index in [9.17, 15) is 9.90 Å². The van der Waals surface area contributed by atoms with Gasteiger partial charge in [0.15, 0.2) is 0 Å². The van der Waals surface area contributed by atoms with E-state index in [4.69, 9.17) is 4.52 Å². The fraction of sp³-hybridized carbons (Fsp3) is 0.304. The van der Waals surface area contributed by atoms with Crippen LogP contribution in [-0.2, 0) is 17.8 Å². The van der Waals surface area contributed by atoms with Gasteiger partial charge in [0, 0.05) is 24.1 Å². The molecule has 4 rings (SSSR count). The molecule has 3 aromatic rings. The number of aliphatic hydroxyl groups excluding tert-OH is 1. The van der Waals surface area contributed by atoms with Crippen molar-refractivity contribution in [1.29, 1.82) is 0 Å². The van der Waals surface area contributed by atoms with Gasteiger partial charge in [-0.25, -0.2) is 0 Å². The van der Waals surface area contributed by atoms with E-state index in [1.807, 2.05) is 44.2 Å². The van der Waals surface area contributed by atoms with E-state index in [1.165, 1.54) is 0 Å². The second kappa shape index (κ2) is 7.60. The molecule has 0 aliphatic carbocycles. The van der Waals surface area contributed by atoms with Crippen LogP contribution in [0, 0.1) is 5.92 Å². The van der Waals surface area contributed by atoms with Gasteiger partial charge in [-0.1, -0.05) is 73.6 Å². The van der Waals surface area contributed by atoms with Crippen LogP contribution < -0.4 is 0 Å². The summed E-state index contributed by atoms with van der Waals surface area (Å²) in [5.41, 5.74) is 4.96. The number of hydrogen-bond donors (Lipinski definition) is 1. The molecule has 0 unspecified atom stereocenters. The molecule has 0 spiro atoms. The van der Waals surface area contributed by atoms with Crippen LogP contribution in [0.4, 0.5) is 0 Å². The standard InChI is InChI=1S/C23H24N2O3/c1-15(2)22(26)23(27)25-13-12-20-19(14-25)21(24-28-20)18-10-8-17(9-11-18)16-6-4-3-5-7-16/h3-11,15,22,26H,12-14H2,1-2H3/t22-/m1/s1. The molecule has 2 aromatic carbocycles. The van der Waals surface area contributed by atoms with E-state index >= 15 is 0 Å². The third-order valence-electron chi connectivity index (χ3n) is 5.29. The number of rotatable bonds is 4. The van der Waals surface area contributed by atoms with Gasteiger partial charge in [-0.15, -0.1) is 0 Å². The van der Waals surface area contributed by atoms with Crippen LogP contribution in [0.25, 0.3) is 22.4 Å². The molecule has 1 amide bonds. The maximum atomic E-state index is 12.5. The zero-order chi connectivity index (χ0) is 19.7. The van der Waals surface area contributed by atoms with Crippen molar-refractivity contribution in [3.8, 4) is 22.4 Å². The van der Waals surface area contributed by atoms with Crippen molar-refractivity contribution in [2.24, 2.45) is 5.92 Å². The molecule has 1 aromatic heterocycles. The fourth-order valence-electron chi connectivity index (χ4n) is 3.55. The summed E-state index contributed by atoms with van der Waals surface area (Å²) in [6.45, 7) is 4.64. The first-order valence-corrected chi connectivity index (χ1v) is 9.64. The number of aliphatic hydroxyl groups is 1. The van der Waals surface area contributed by atoms with Crippen molar-refractivity contribution in [2.75, 3.05) is 6.54 Å². The van der Waals surface area contributed by atoms with Crippen LogP contribution in [0.2, 0.25) is 0 Å². The van der Waals surface area contributed by atoms with E-state index in [2.05, 4.69) is 29.4 Å². The first-order valence-electron chi connectivity index (χ1n) is 9.64. The van der Waals surface area contributed by atoms with Crippen molar-refractivity contribution >= 4 is 5.91 Å². The lowest BCUT2D eigenvalue weighted by molar-refractivity contribution is -0.143. The average molecular weight is 376 g/mol. The Hall–Kier alpha value is -2.92. The number of carbonyl (C=O) groups is 1. The minimum Gasteiger partial charge on any atom is -0.383 e. The van der Waals surface area contributed by atoms with E-state index in [0.29, 0.717) is 19.5 Å². The summed E-state index contributed by atoms with van der Waals surface area (Å²) < 4.78 is 5.54. The Kier molecular flexibility index (Phi) is 5.01. The Morgan fingerprint density at radius 2 is 1.68 bits per heavy atom. The Labute approximate surface area is 164 Å². The van der Waals surface area contributed by atoms with Crippen molar-refractivity contribution in [1.82, 2.24) is 10.1 Å². The molecule has 1 N–H and O–H groups in total. The number of hydrogen-bond acceptors (Lipinski definition) is 4. The maximum Gasteiger partial charge on any atom is 0.251 e. The van der Waals surface area contributed by atoms with Gasteiger partial charge in [0.2, 0.25) is 0 Å². The quantitative estimate of drug-likeness (QED) is 0.750. The van der Waals surface area contributed by atoms with Gasteiger partial charge in [0.05, 0.1) is 6.54 Å². The van der Waals surface area contributed by atoms with Gasteiger partial charge in [0.1, 0.15) is 17.6 Å². The summed E-state index contributed by atoms with van der Waals surface area (Å²) >= 11 is 0. The highest BCUT2D eigenvalue weighted by Crippen LogP contribution is 2.31. The summed E-state index contributed by atoms with van der Waals surface area (Å²) in [6.07, 6.45) is -0.365. The summed E-state index contributed by atoms with van der Waals surface area (Å²) in [5, 5.41) is 14.4. The van der Waals surface area contributed by atoms with Gasteiger partial charge >= 0.3 is 0 Å². The molecule has 5 heteroatoms. The zero-order valence-electron chi connectivity index (χ0n) is 16.1. The van der Waals surface area contributed by atoms with E-state index < -0.39 is 6.10 Å². The molecule has 0 radical (unpaired) electrons. The van der Waals surface area contributed by atoms with Crippen LogP contribution in [0.15, 0.2) is 59.1 Å². The minimum atomic E-state index is -0.977. The van der Waals surface area contributed by atoms with Gasteiger partial charge in [-0.2, -0.15) is 0 Å². The highest BCUT2D eigenvalue weighted by Gasteiger charge is 2.31. The number of carbonyl (C=O) groups excluding carboxylic acids is 1. The number of nitrogens with zero attached hydrogens (tertiary/aromatic N) is 2. The third-order valence-corrected chi connectivity index (χ3v) is 5.29. The molecule has 0 saturated carbocycles. The molecule has 1 aliphatic heterocycles. The molecule has 0 bridgehead atoms. The summed E-state index contributed by atoms with van der Waals surface area (Å²) in [7, 11) is 0. The summed E-state index contributed by atoms with van der Waals surface area (Å²) in [6, 6.07) is 18.4. The molecular weight excluding hydrogens is 352 g/mol. The number of aromatic nitrogens is 1. The Balaban J connectivity index is 1.59. The van der Waals surface area contributed by atoms with Gasteiger partial charge in [-0.05, 0) is 17.0 Å². The summed E-state index contributed by atoms with van der Waals surface area (Å²) in [5.74, 6) is 0.485. The zero-order valence-corrected chi connectivity index (χ0v) is 16.1. The molecule has 2 heterocycles. The summed E-state index contributed by atoms with van der Waals surface area (Å²) in [4.78, 5) is 14.2. The topological polar surface area (TPSA) is 66.6 Å². The molecule has 0 fully saturated rings. The predicted octanol–water partition coefficient (Wildman–Crippen LogP) is 3.91. The molecule has 5 nitrogen and oxygen atoms in total. The highest BCUT2D eigenvalue weighted by molar-refractivity contribution is 5.81. The van der Waals surface area contributed by atoms with Crippen LogP contribution in [0.3, 0.4) is 0 Å². The van der Waals surface area contributed by atoms with Crippen molar-refractivity contribution in [3.05, 3.63) is 65.9 Å². The monoisotopic (exact) mass is 376 g/mol. The van der Waals surface area contributed by atoms with Crippen LogP contribution in [0.5, 0.6) is 0 Å². The largest absolute Gasteiger partial charge is 0.383 e. The van der Waals surface area contributed by atoms with Crippen molar-refractivity contribution < 1.29 is 14.4 Å². The van der Waals surface area contributed by atoms with Gasteiger partial charge < -0.3 is 14.5 Å². The number of benzene rings is 2. The van der Waals surface area contributed by atoms with Crippen molar-refractivity contribution in [2.45, 2.75) is 32.9 Å². The number of fused-ring (bicyclic) bond motifs is 1. The van der Waals surface area contributed by atoms with E-state index in [0.717, 1.165) is 33.7 Å². The van der Waals surface area contributed by atoms with E-state index in [1.54, 1.807) is 4.90 Å². The predicted molar refractivity (Wildman–Crippen MR) is 107 cm³/mol.